The number of urea groups is 1. The van der Waals surface area contributed by atoms with Crippen molar-refractivity contribution in [1.29, 1.82) is 0 Å². The maximum atomic E-state index is 11.9. The summed E-state index contributed by atoms with van der Waals surface area (Å²) in [6.07, 6.45) is 0. The molecule has 0 radical (unpaired) electrons. The predicted octanol–water partition coefficient (Wildman–Crippen LogP) is -2.85. The first-order valence-electron chi connectivity index (χ1n) is 5.99. The van der Waals surface area contributed by atoms with Gasteiger partial charge in [0.25, 0.3) is 5.91 Å². The Morgan fingerprint density at radius 3 is 2.10 bits per heavy atom. The maximum absolute atomic E-state index is 11.9. The number of nitrogens with one attached hydrogen (secondary N) is 2. The summed E-state index contributed by atoms with van der Waals surface area (Å²) in [5.74, 6) is -1.33. The normalized spacial score (nSPS) is 18.1. The van der Waals surface area contributed by atoms with Gasteiger partial charge in [-0.2, -0.15) is 0 Å². The molecule has 1 aliphatic heterocycles. The Balaban J connectivity index is 2.72. The predicted molar refractivity (Wildman–Crippen MR) is 66.5 cm³/mol. The first-order chi connectivity index (χ1) is 9.21. The van der Waals surface area contributed by atoms with Crippen molar-refractivity contribution in [2.24, 2.45) is 0 Å². The Kier molecular flexibility index (Phi) is 4.69. The van der Waals surface area contributed by atoms with Gasteiger partial charge >= 0.3 is 6.03 Å². The number of imide groups is 1. The third kappa shape index (κ3) is 3.06. The summed E-state index contributed by atoms with van der Waals surface area (Å²) in [4.78, 5) is 35.9. The van der Waals surface area contributed by atoms with Crippen LogP contribution in [0.15, 0.2) is 0 Å². The van der Waals surface area contributed by atoms with Crippen LogP contribution in [0.25, 0.3) is 0 Å². The van der Waals surface area contributed by atoms with Crippen molar-refractivity contribution in [2.45, 2.75) is 24.9 Å². The zero-order valence-corrected chi connectivity index (χ0v) is 11.3. The molecule has 1 aliphatic rings. The van der Waals surface area contributed by atoms with Gasteiger partial charge in [0, 0.05) is 0 Å². The third-order valence-corrected chi connectivity index (χ3v) is 3.06. The Morgan fingerprint density at radius 1 is 1.25 bits per heavy atom. The molecule has 0 atom stereocenters. The Labute approximate surface area is 115 Å². The fourth-order valence-corrected chi connectivity index (χ4v) is 1.71. The first-order valence-corrected chi connectivity index (χ1v) is 5.99. The number of aliphatic hydroxyl groups excluding tert-OH is 3. The number of carbonyl (C=O) groups excluding carboxylic acids is 3. The smallest absolute Gasteiger partial charge is 0.325 e. The number of hydrogen-bond acceptors (Lipinski definition) is 6. The molecule has 1 heterocycles. The molecule has 0 bridgehead atoms. The molecule has 0 unspecified atom stereocenters. The van der Waals surface area contributed by atoms with Crippen LogP contribution in [0.3, 0.4) is 0 Å². The average Bonchev–Trinajstić information content (AvgIpc) is 2.58. The molecule has 9 nitrogen and oxygen atoms in total. The minimum atomic E-state index is -1.59. The molecular weight excluding hydrogens is 270 g/mol. The molecule has 0 saturated carbocycles. The lowest BCUT2D eigenvalue weighted by atomic mass is 10.0. The zero-order valence-electron chi connectivity index (χ0n) is 11.3. The Bertz CT molecular complexity index is 410. The fraction of sp³-hybridized carbons (Fsp3) is 0.727. The van der Waals surface area contributed by atoms with E-state index >= 15 is 0 Å². The van der Waals surface area contributed by atoms with Gasteiger partial charge in [-0.3, -0.25) is 14.5 Å². The van der Waals surface area contributed by atoms with Crippen molar-refractivity contribution in [1.82, 2.24) is 15.5 Å². The summed E-state index contributed by atoms with van der Waals surface area (Å²) in [6.45, 7) is 0.400. The number of rotatable bonds is 6. The number of hydrogen-bond donors (Lipinski definition) is 5. The van der Waals surface area contributed by atoms with Crippen LogP contribution >= 0.6 is 0 Å². The van der Waals surface area contributed by atoms with Crippen LogP contribution in [0, 0.1) is 0 Å². The molecule has 5 N–H and O–H groups in total. The SMILES string of the molecule is CC1(C)NC(=O)N(CC(=O)NC(CO)(CO)CO)C1=O. The molecule has 0 aromatic heterocycles. The van der Waals surface area contributed by atoms with E-state index < -0.39 is 55.3 Å². The van der Waals surface area contributed by atoms with E-state index in [1.165, 1.54) is 13.8 Å². The van der Waals surface area contributed by atoms with Crippen LogP contribution in [0.4, 0.5) is 4.79 Å². The molecule has 0 aromatic rings. The molecule has 0 spiro atoms. The number of carbonyl (C=O) groups is 3. The van der Waals surface area contributed by atoms with E-state index in [0.29, 0.717) is 0 Å². The summed E-state index contributed by atoms with van der Waals surface area (Å²) >= 11 is 0. The lowest BCUT2D eigenvalue weighted by molar-refractivity contribution is -0.135. The molecule has 20 heavy (non-hydrogen) atoms. The number of aliphatic hydroxyl groups is 3. The second-order valence-electron chi connectivity index (χ2n) is 5.25. The van der Waals surface area contributed by atoms with Gasteiger partial charge in [0.15, 0.2) is 0 Å². The standard InChI is InChI=1S/C11H19N3O6/c1-10(2)8(19)14(9(20)13-10)3-7(18)12-11(4-15,5-16)6-17/h15-17H,3-6H2,1-2H3,(H,12,18)(H,13,20). The van der Waals surface area contributed by atoms with Crippen molar-refractivity contribution < 1.29 is 29.7 Å². The topological polar surface area (TPSA) is 139 Å². The van der Waals surface area contributed by atoms with Crippen molar-refractivity contribution in [3.8, 4) is 0 Å². The van der Waals surface area contributed by atoms with E-state index in [-0.39, 0.29) is 0 Å². The van der Waals surface area contributed by atoms with Crippen molar-refractivity contribution in [2.75, 3.05) is 26.4 Å². The highest BCUT2D eigenvalue weighted by molar-refractivity contribution is 6.08. The Morgan fingerprint density at radius 2 is 1.75 bits per heavy atom. The highest BCUT2D eigenvalue weighted by Gasteiger charge is 2.45. The van der Waals surface area contributed by atoms with Gasteiger partial charge < -0.3 is 26.0 Å². The molecule has 1 saturated heterocycles. The van der Waals surface area contributed by atoms with Crippen LogP contribution in [-0.4, -0.2) is 75.5 Å². The summed E-state index contributed by atoms with van der Waals surface area (Å²) in [7, 11) is 0. The fourth-order valence-electron chi connectivity index (χ4n) is 1.71. The van der Waals surface area contributed by atoms with Gasteiger partial charge in [0.05, 0.1) is 19.8 Å². The number of nitrogens with zero attached hydrogens (tertiary/aromatic N) is 1. The summed E-state index contributed by atoms with van der Waals surface area (Å²) in [5.41, 5.74) is -2.68. The molecule has 0 aromatic carbocycles. The van der Waals surface area contributed by atoms with Crippen molar-refractivity contribution >= 4 is 17.8 Å². The second-order valence-corrected chi connectivity index (χ2v) is 5.25. The zero-order chi connectivity index (χ0) is 15.6. The lowest BCUT2D eigenvalue weighted by Crippen LogP contribution is -2.59. The summed E-state index contributed by atoms with van der Waals surface area (Å²) < 4.78 is 0. The average molecular weight is 289 g/mol. The maximum Gasteiger partial charge on any atom is 0.325 e. The third-order valence-electron chi connectivity index (χ3n) is 3.06. The van der Waals surface area contributed by atoms with Crippen molar-refractivity contribution in [3.05, 3.63) is 0 Å². The van der Waals surface area contributed by atoms with Gasteiger partial charge in [0.2, 0.25) is 5.91 Å². The monoisotopic (exact) mass is 289 g/mol. The van der Waals surface area contributed by atoms with E-state index in [0.717, 1.165) is 4.90 Å². The van der Waals surface area contributed by atoms with Gasteiger partial charge in [-0.05, 0) is 13.8 Å². The first kappa shape index (κ1) is 16.3. The molecule has 1 rings (SSSR count). The molecular formula is C11H19N3O6. The number of amides is 4. The van der Waals surface area contributed by atoms with E-state index in [4.69, 9.17) is 15.3 Å². The molecule has 0 aliphatic carbocycles. The van der Waals surface area contributed by atoms with E-state index in [2.05, 4.69) is 10.6 Å². The molecule has 9 heteroatoms. The molecule has 4 amide bonds. The quantitative estimate of drug-likeness (QED) is 0.333. The van der Waals surface area contributed by atoms with Crippen molar-refractivity contribution in [3.63, 3.8) is 0 Å². The highest BCUT2D eigenvalue weighted by atomic mass is 16.3. The largest absolute Gasteiger partial charge is 0.394 e. The lowest BCUT2D eigenvalue weighted by Gasteiger charge is -2.29. The highest BCUT2D eigenvalue weighted by Crippen LogP contribution is 2.16. The summed E-state index contributed by atoms with van der Waals surface area (Å²) in [6, 6.07) is -0.697. The second kappa shape index (κ2) is 5.73. The van der Waals surface area contributed by atoms with Crippen LogP contribution < -0.4 is 10.6 Å². The van der Waals surface area contributed by atoms with Crippen LogP contribution in [-0.2, 0) is 9.59 Å². The molecule has 114 valence electrons. The van der Waals surface area contributed by atoms with Crippen LogP contribution in [0.2, 0.25) is 0 Å². The minimum Gasteiger partial charge on any atom is -0.394 e. The minimum absolute atomic E-state index is 0.555. The van der Waals surface area contributed by atoms with Crippen LogP contribution in [0.1, 0.15) is 13.8 Å². The van der Waals surface area contributed by atoms with E-state index in [1.807, 2.05) is 0 Å². The summed E-state index contributed by atoms with van der Waals surface area (Å²) in [5, 5.41) is 31.9. The molecule has 1 fully saturated rings. The van der Waals surface area contributed by atoms with Gasteiger partial charge in [-0.15, -0.1) is 0 Å². The van der Waals surface area contributed by atoms with Gasteiger partial charge in [0.1, 0.15) is 17.6 Å². The van der Waals surface area contributed by atoms with Crippen LogP contribution in [0.5, 0.6) is 0 Å². The Hall–Kier alpha value is -1.71. The van der Waals surface area contributed by atoms with Gasteiger partial charge in [-0.25, -0.2) is 4.79 Å². The van der Waals surface area contributed by atoms with E-state index in [9.17, 15) is 14.4 Å². The van der Waals surface area contributed by atoms with E-state index in [1.54, 1.807) is 0 Å². The van der Waals surface area contributed by atoms with Gasteiger partial charge in [-0.1, -0.05) is 0 Å².